The number of benzene rings is 3. The Morgan fingerprint density at radius 3 is 2.43 bits per heavy atom. The highest BCUT2D eigenvalue weighted by Gasteiger charge is 2.07. The second kappa shape index (κ2) is 6.97. The zero-order chi connectivity index (χ0) is 16.1. The largest absolute Gasteiger partial charge is 0.489 e. The first-order chi connectivity index (χ1) is 11.2. The number of carbonyl (C=O) groups is 1. The van der Waals surface area contributed by atoms with E-state index in [9.17, 15) is 4.79 Å². The number of ether oxygens (including phenoxy) is 1. The molecule has 0 aromatic heterocycles. The first kappa shape index (κ1) is 15.1. The summed E-state index contributed by atoms with van der Waals surface area (Å²) >= 11 is 0. The maximum atomic E-state index is 10.8. The molecule has 0 amide bonds. The summed E-state index contributed by atoms with van der Waals surface area (Å²) < 4.78 is 5.97. The summed E-state index contributed by atoms with van der Waals surface area (Å²) in [6.07, 6.45) is 0.579. The van der Waals surface area contributed by atoms with Crippen molar-refractivity contribution in [1.29, 1.82) is 0 Å². The van der Waals surface area contributed by atoms with Crippen molar-refractivity contribution in [1.82, 2.24) is 0 Å². The summed E-state index contributed by atoms with van der Waals surface area (Å²) in [4.78, 5) is 10.8. The highest BCUT2D eigenvalue weighted by Crippen LogP contribution is 2.23. The molecular formula is C20H18O3. The molecule has 0 unspecified atom stereocenters. The molecule has 0 saturated heterocycles. The molecule has 3 aromatic rings. The molecule has 3 heteroatoms. The highest BCUT2D eigenvalue weighted by atomic mass is 16.5. The van der Waals surface area contributed by atoms with Gasteiger partial charge in [-0.25, -0.2) is 0 Å². The van der Waals surface area contributed by atoms with E-state index in [0.29, 0.717) is 13.0 Å². The molecule has 3 nitrogen and oxygen atoms in total. The van der Waals surface area contributed by atoms with Crippen LogP contribution >= 0.6 is 0 Å². The minimum absolute atomic E-state index is 0.106. The topological polar surface area (TPSA) is 46.5 Å². The average Bonchev–Trinajstić information content (AvgIpc) is 2.58. The smallest absolute Gasteiger partial charge is 0.303 e. The monoisotopic (exact) mass is 306 g/mol. The molecule has 116 valence electrons. The van der Waals surface area contributed by atoms with E-state index in [1.165, 1.54) is 10.8 Å². The summed E-state index contributed by atoms with van der Waals surface area (Å²) in [5.41, 5.74) is 2.05. The number of aryl methyl sites for hydroxylation is 1. The number of rotatable bonds is 6. The van der Waals surface area contributed by atoms with E-state index in [2.05, 4.69) is 24.3 Å². The van der Waals surface area contributed by atoms with Crippen LogP contribution in [0.1, 0.15) is 17.5 Å². The van der Waals surface area contributed by atoms with Gasteiger partial charge in [-0.3, -0.25) is 4.79 Å². The third-order valence-corrected chi connectivity index (χ3v) is 3.84. The van der Waals surface area contributed by atoms with E-state index >= 15 is 0 Å². The van der Waals surface area contributed by atoms with Gasteiger partial charge in [-0.15, -0.1) is 0 Å². The molecular weight excluding hydrogens is 288 g/mol. The van der Waals surface area contributed by atoms with E-state index in [1.807, 2.05) is 42.5 Å². The van der Waals surface area contributed by atoms with Crippen molar-refractivity contribution in [3.8, 4) is 5.75 Å². The van der Waals surface area contributed by atoms with Gasteiger partial charge < -0.3 is 9.84 Å². The number of para-hydroxylation sites is 1. The van der Waals surface area contributed by atoms with Gasteiger partial charge in [-0.1, -0.05) is 60.7 Å². The predicted molar refractivity (Wildman–Crippen MR) is 90.7 cm³/mol. The van der Waals surface area contributed by atoms with Crippen LogP contribution in [0, 0.1) is 0 Å². The van der Waals surface area contributed by atoms with Crippen molar-refractivity contribution in [2.75, 3.05) is 0 Å². The summed E-state index contributed by atoms with van der Waals surface area (Å²) in [6, 6.07) is 22.0. The first-order valence-corrected chi connectivity index (χ1v) is 7.63. The fraction of sp³-hybridized carbons (Fsp3) is 0.150. The Kier molecular flexibility index (Phi) is 4.57. The zero-order valence-electron chi connectivity index (χ0n) is 12.7. The molecule has 0 spiro atoms. The average molecular weight is 306 g/mol. The standard InChI is InChI=1S/C20H18O3/c21-20(22)13-12-16-7-2-4-11-19(16)23-14-17-9-5-8-15-6-1-3-10-18(15)17/h1-11H,12-14H2,(H,21,22). The van der Waals surface area contributed by atoms with Crippen LogP contribution in [0.5, 0.6) is 5.75 Å². The van der Waals surface area contributed by atoms with Crippen LogP contribution in [-0.4, -0.2) is 11.1 Å². The molecule has 0 heterocycles. The molecule has 0 aliphatic rings. The molecule has 1 N–H and O–H groups in total. The zero-order valence-corrected chi connectivity index (χ0v) is 12.7. The lowest BCUT2D eigenvalue weighted by atomic mass is 10.1. The molecule has 0 fully saturated rings. The Balaban J connectivity index is 1.79. The molecule has 0 radical (unpaired) electrons. The number of fused-ring (bicyclic) bond motifs is 1. The van der Waals surface area contributed by atoms with E-state index in [1.54, 1.807) is 0 Å². The normalized spacial score (nSPS) is 10.6. The number of carboxylic acids is 1. The summed E-state index contributed by atoms with van der Waals surface area (Å²) in [5, 5.41) is 11.2. The first-order valence-electron chi connectivity index (χ1n) is 7.63. The van der Waals surface area contributed by atoms with E-state index in [-0.39, 0.29) is 6.42 Å². The van der Waals surface area contributed by atoms with Crippen LogP contribution < -0.4 is 4.74 Å². The Morgan fingerprint density at radius 2 is 1.57 bits per heavy atom. The highest BCUT2D eigenvalue weighted by molar-refractivity contribution is 5.85. The van der Waals surface area contributed by atoms with Crippen LogP contribution in [0.25, 0.3) is 10.8 Å². The fourth-order valence-electron chi connectivity index (χ4n) is 2.67. The van der Waals surface area contributed by atoms with Crippen molar-refractivity contribution < 1.29 is 14.6 Å². The summed E-state index contributed by atoms with van der Waals surface area (Å²) in [7, 11) is 0. The third-order valence-electron chi connectivity index (χ3n) is 3.84. The maximum absolute atomic E-state index is 10.8. The van der Waals surface area contributed by atoms with Crippen molar-refractivity contribution in [2.45, 2.75) is 19.4 Å². The number of aliphatic carboxylic acids is 1. The molecule has 0 aliphatic heterocycles. The molecule has 0 aliphatic carbocycles. The van der Waals surface area contributed by atoms with Gasteiger partial charge >= 0.3 is 5.97 Å². The predicted octanol–water partition coefficient (Wildman–Crippen LogP) is 4.44. The van der Waals surface area contributed by atoms with E-state index in [0.717, 1.165) is 16.9 Å². The Labute approximate surface area is 135 Å². The van der Waals surface area contributed by atoms with Crippen LogP contribution in [0.3, 0.4) is 0 Å². The molecule has 0 saturated carbocycles. The van der Waals surface area contributed by atoms with Gasteiger partial charge in [0.1, 0.15) is 12.4 Å². The molecule has 3 aromatic carbocycles. The second-order valence-corrected chi connectivity index (χ2v) is 5.43. The van der Waals surface area contributed by atoms with Gasteiger partial charge in [-0.2, -0.15) is 0 Å². The van der Waals surface area contributed by atoms with Crippen LogP contribution in [0.2, 0.25) is 0 Å². The maximum Gasteiger partial charge on any atom is 0.303 e. The van der Waals surface area contributed by atoms with Gasteiger partial charge in [0.05, 0.1) is 0 Å². The van der Waals surface area contributed by atoms with Gasteiger partial charge in [0.25, 0.3) is 0 Å². The van der Waals surface area contributed by atoms with Crippen molar-refractivity contribution in [3.05, 3.63) is 77.9 Å². The Morgan fingerprint density at radius 1 is 0.870 bits per heavy atom. The Bertz CT molecular complexity index is 818. The van der Waals surface area contributed by atoms with Crippen LogP contribution in [0.15, 0.2) is 66.7 Å². The Hall–Kier alpha value is -2.81. The number of hydrogen-bond donors (Lipinski definition) is 1. The van der Waals surface area contributed by atoms with Gasteiger partial charge in [-0.05, 0) is 34.4 Å². The van der Waals surface area contributed by atoms with Gasteiger partial charge in [0, 0.05) is 6.42 Å². The molecule has 0 atom stereocenters. The van der Waals surface area contributed by atoms with Crippen LogP contribution in [0.4, 0.5) is 0 Å². The quantitative estimate of drug-likeness (QED) is 0.732. The summed E-state index contributed by atoms with van der Waals surface area (Å²) in [5.74, 6) is -0.0458. The van der Waals surface area contributed by atoms with Crippen LogP contribution in [-0.2, 0) is 17.8 Å². The minimum atomic E-state index is -0.797. The lowest BCUT2D eigenvalue weighted by Crippen LogP contribution is -2.02. The van der Waals surface area contributed by atoms with Gasteiger partial charge in [0.2, 0.25) is 0 Å². The minimum Gasteiger partial charge on any atom is -0.489 e. The number of hydrogen-bond acceptors (Lipinski definition) is 2. The second-order valence-electron chi connectivity index (χ2n) is 5.43. The third kappa shape index (κ3) is 3.69. The SMILES string of the molecule is O=C(O)CCc1ccccc1OCc1cccc2ccccc12. The lowest BCUT2D eigenvalue weighted by molar-refractivity contribution is -0.136. The van der Waals surface area contributed by atoms with Crippen molar-refractivity contribution in [2.24, 2.45) is 0 Å². The molecule has 3 rings (SSSR count). The van der Waals surface area contributed by atoms with E-state index < -0.39 is 5.97 Å². The molecule has 0 bridgehead atoms. The van der Waals surface area contributed by atoms with Crippen molar-refractivity contribution >= 4 is 16.7 Å². The van der Waals surface area contributed by atoms with E-state index in [4.69, 9.17) is 9.84 Å². The van der Waals surface area contributed by atoms with Crippen molar-refractivity contribution in [3.63, 3.8) is 0 Å². The fourth-order valence-corrected chi connectivity index (χ4v) is 2.67. The van der Waals surface area contributed by atoms with Gasteiger partial charge in [0.15, 0.2) is 0 Å². The molecule has 23 heavy (non-hydrogen) atoms. The number of carboxylic acid groups (broad SMARTS) is 1. The lowest BCUT2D eigenvalue weighted by Gasteiger charge is -2.12. The summed E-state index contributed by atoms with van der Waals surface area (Å²) in [6.45, 7) is 0.464.